The zero-order chi connectivity index (χ0) is 14.6. The van der Waals surface area contributed by atoms with Crippen LogP contribution in [0.1, 0.15) is 28.4 Å². The largest absolute Gasteiger partial charge is 0.454 e. The van der Waals surface area contributed by atoms with Gasteiger partial charge in [0.2, 0.25) is 0 Å². The lowest BCUT2D eigenvalue weighted by Gasteiger charge is -2.17. The van der Waals surface area contributed by atoms with Crippen molar-refractivity contribution in [2.24, 2.45) is 0 Å². The Labute approximate surface area is 116 Å². The average molecular weight is 341 g/mol. The molecule has 2 N–H and O–H groups in total. The van der Waals surface area contributed by atoms with Crippen LogP contribution in [0, 0.1) is 0 Å². The molecule has 1 aromatic carbocycles. The van der Waals surface area contributed by atoms with Crippen LogP contribution in [0.5, 0.6) is 0 Å². The highest BCUT2D eigenvalue weighted by molar-refractivity contribution is 9.09. The molecule has 19 heavy (non-hydrogen) atoms. The minimum Gasteiger partial charge on any atom is -0.390 e. The molecule has 0 aromatic heterocycles. The number of hydrogen-bond acceptors (Lipinski definition) is 3. The lowest BCUT2D eigenvalue weighted by atomic mass is 10.00. The minimum atomic E-state index is -4.92. The molecule has 1 rings (SSSR count). The number of ketones is 1. The van der Waals surface area contributed by atoms with Gasteiger partial charge in [0.05, 0.1) is 6.10 Å². The minimum absolute atomic E-state index is 0.257. The number of benzene rings is 1. The predicted molar refractivity (Wildman–Crippen MR) is 66.2 cm³/mol. The maximum atomic E-state index is 12.2. The lowest BCUT2D eigenvalue weighted by Crippen LogP contribution is -2.23. The van der Waals surface area contributed by atoms with E-state index >= 15 is 0 Å². The van der Waals surface area contributed by atoms with E-state index in [-0.39, 0.29) is 5.56 Å². The highest BCUT2D eigenvalue weighted by atomic mass is 79.9. The molecule has 0 bridgehead atoms. The van der Waals surface area contributed by atoms with Crippen LogP contribution in [0.4, 0.5) is 13.2 Å². The van der Waals surface area contributed by atoms with Gasteiger partial charge in [0.1, 0.15) is 6.10 Å². The summed E-state index contributed by atoms with van der Waals surface area (Å²) in [4.78, 5) is 10.9. The normalized spacial score (nSPS) is 15.1. The Morgan fingerprint density at radius 2 is 1.74 bits per heavy atom. The standard InChI is InChI=1S/C12H12BrF3O3/c13-6-5-9(17)10(18)7-1-3-8(4-2-7)11(19)12(14,15)16/h1-4,9-10,17-18H,5-6H2. The van der Waals surface area contributed by atoms with Gasteiger partial charge in [0, 0.05) is 10.9 Å². The number of aliphatic hydroxyl groups is 2. The fourth-order valence-corrected chi connectivity index (χ4v) is 1.96. The summed E-state index contributed by atoms with van der Waals surface area (Å²) in [6.45, 7) is 0. The van der Waals surface area contributed by atoms with Crippen molar-refractivity contribution in [1.82, 2.24) is 0 Å². The number of halogens is 4. The summed E-state index contributed by atoms with van der Waals surface area (Å²) < 4.78 is 36.5. The zero-order valence-electron chi connectivity index (χ0n) is 9.69. The number of carbonyl (C=O) groups is 1. The van der Waals surface area contributed by atoms with Gasteiger partial charge in [-0.25, -0.2) is 0 Å². The summed E-state index contributed by atoms with van der Waals surface area (Å²) in [6, 6.07) is 4.35. The summed E-state index contributed by atoms with van der Waals surface area (Å²) in [6.07, 6.45) is -6.85. The van der Waals surface area contributed by atoms with Crippen molar-refractivity contribution in [2.45, 2.75) is 24.8 Å². The molecule has 0 aliphatic heterocycles. The van der Waals surface area contributed by atoms with Crippen LogP contribution in [0.3, 0.4) is 0 Å². The second kappa shape index (κ2) is 6.49. The highest BCUT2D eigenvalue weighted by Crippen LogP contribution is 2.24. The van der Waals surface area contributed by atoms with E-state index in [9.17, 15) is 28.2 Å². The highest BCUT2D eigenvalue weighted by Gasteiger charge is 2.39. The molecule has 0 saturated carbocycles. The van der Waals surface area contributed by atoms with Gasteiger partial charge < -0.3 is 10.2 Å². The SMILES string of the molecule is O=C(c1ccc(C(O)C(O)CCBr)cc1)C(F)(F)F. The van der Waals surface area contributed by atoms with E-state index in [1.54, 1.807) is 0 Å². The molecule has 0 aliphatic rings. The van der Waals surface area contributed by atoms with Crippen molar-refractivity contribution < 1.29 is 28.2 Å². The van der Waals surface area contributed by atoms with Gasteiger partial charge in [-0.2, -0.15) is 13.2 Å². The Hall–Kier alpha value is -0.920. The number of aliphatic hydroxyl groups excluding tert-OH is 2. The van der Waals surface area contributed by atoms with Crippen LogP contribution in [0.2, 0.25) is 0 Å². The zero-order valence-corrected chi connectivity index (χ0v) is 11.3. The molecule has 0 saturated heterocycles. The lowest BCUT2D eigenvalue weighted by molar-refractivity contribution is -0.0885. The van der Waals surface area contributed by atoms with E-state index in [0.29, 0.717) is 11.8 Å². The van der Waals surface area contributed by atoms with Crippen molar-refractivity contribution in [1.29, 1.82) is 0 Å². The molecule has 0 radical (unpaired) electrons. The molecule has 7 heteroatoms. The number of Topliss-reactive ketones (excluding diaryl/α,β-unsaturated/α-hetero) is 1. The number of carbonyl (C=O) groups excluding carboxylic acids is 1. The Morgan fingerprint density at radius 3 is 2.16 bits per heavy atom. The van der Waals surface area contributed by atoms with Gasteiger partial charge in [-0.05, 0) is 12.0 Å². The molecule has 0 fully saturated rings. The topological polar surface area (TPSA) is 57.5 Å². The van der Waals surface area contributed by atoms with Crippen LogP contribution in [-0.2, 0) is 0 Å². The molecular weight excluding hydrogens is 329 g/mol. The fourth-order valence-electron chi connectivity index (χ4n) is 1.49. The number of alkyl halides is 4. The van der Waals surface area contributed by atoms with Gasteiger partial charge in [0.15, 0.2) is 0 Å². The van der Waals surface area contributed by atoms with E-state index in [1.165, 1.54) is 12.1 Å². The van der Waals surface area contributed by atoms with Gasteiger partial charge in [-0.15, -0.1) is 0 Å². The molecule has 2 atom stereocenters. The summed E-state index contributed by atoms with van der Waals surface area (Å²) in [5, 5.41) is 19.8. The third-order valence-electron chi connectivity index (χ3n) is 2.54. The van der Waals surface area contributed by atoms with Crippen LogP contribution in [0.15, 0.2) is 24.3 Å². The van der Waals surface area contributed by atoms with E-state index in [0.717, 1.165) is 12.1 Å². The third kappa shape index (κ3) is 4.29. The second-order valence-corrected chi connectivity index (χ2v) is 4.73. The van der Waals surface area contributed by atoms with Crippen LogP contribution >= 0.6 is 15.9 Å². The predicted octanol–water partition coefficient (Wildman–Crippen LogP) is 2.61. The molecule has 2 unspecified atom stereocenters. The first kappa shape index (κ1) is 16.1. The Morgan fingerprint density at radius 1 is 1.21 bits per heavy atom. The molecule has 0 aliphatic carbocycles. The summed E-state index contributed by atoms with van der Waals surface area (Å²) >= 11 is 3.10. The molecular formula is C12H12BrF3O3. The molecule has 106 valence electrons. The Bertz CT molecular complexity index is 431. The summed E-state index contributed by atoms with van der Waals surface area (Å²) in [5.41, 5.74) is -0.245. The van der Waals surface area contributed by atoms with Crippen molar-refractivity contribution in [3.63, 3.8) is 0 Å². The molecule has 0 amide bonds. The smallest absolute Gasteiger partial charge is 0.390 e. The first-order valence-corrected chi connectivity index (χ1v) is 6.53. The monoisotopic (exact) mass is 340 g/mol. The van der Waals surface area contributed by atoms with Crippen molar-refractivity contribution in [3.05, 3.63) is 35.4 Å². The van der Waals surface area contributed by atoms with Crippen molar-refractivity contribution in [2.75, 3.05) is 5.33 Å². The summed E-state index contributed by atoms with van der Waals surface area (Å²) in [7, 11) is 0. The van der Waals surface area contributed by atoms with Crippen molar-refractivity contribution >= 4 is 21.7 Å². The quantitative estimate of drug-likeness (QED) is 0.639. The molecule has 0 heterocycles. The van der Waals surface area contributed by atoms with E-state index in [4.69, 9.17) is 0 Å². The third-order valence-corrected chi connectivity index (χ3v) is 3.00. The van der Waals surface area contributed by atoms with Crippen LogP contribution < -0.4 is 0 Å². The number of hydrogen-bond donors (Lipinski definition) is 2. The Kier molecular flexibility index (Phi) is 5.51. The number of rotatable bonds is 5. The van der Waals surface area contributed by atoms with Crippen LogP contribution in [-0.4, -0.2) is 33.6 Å². The maximum absolute atomic E-state index is 12.2. The van der Waals surface area contributed by atoms with E-state index in [2.05, 4.69) is 15.9 Å². The van der Waals surface area contributed by atoms with Gasteiger partial charge >= 0.3 is 6.18 Å². The van der Waals surface area contributed by atoms with E-state index in [1.807, 2.05) is 0 Å². The first-order chi connectivity index (χ1) is 8.77. The molecule has 1 aromatic rings. The fraction of sp³-hybridized carbons (Fsp3) is 0.417. The second-order valence-electron chi connectivity index (χ2n) is 3.94. The van der Waals surface area contributed by atoms with Crippen molar-refractivity contribution in [3.8, 4) is 0 Å². The average Bonchev–Trinajstić information content (AvgIpc) is 2.36. The summed E-state index contributed by atoms with van der Waals surface area (Å²) in [5.74, 6) is -1.94. The van der Waals surface area contributed by atoms with Gasteiger partial charge in [0.25, 0.3) is 5.78 Å². The van der Waals surface area contributed by atoms with E-state index < -0.39 is 29.7 Å². The van der Waals surface area contributed by atoms with Crippen LogP contribution in [0.25, 0.3) is 0 Å². The van der Waals surface area contributed by atoms with Gasteiger partial charge in [-0.3, -0.25) is 4.79 Å². The first-order valence-electron chi connectivity index (χ1n) is 5.41. The maximum Gasteiger partial charge on any atom is 0.454 e. The molecule has 3 nitrogen and oxygen atoms in total. The molecule has 0 spiro atoms. The van der Waals surface area contributed by atoms with Gasteiger partial charge in [-0.1, -0.05) is 40.2 Å². The Balaban J connectivity index is 2.85.